The second-order valence-electron chi connectivity index (χ2n) is 7.73. The Morgan fingerprint density at radius 2 is 1.88 bits per heavy atom. The molecule has 0 saturated carbocycles. The summed E-state index contributed by atoms with van der Waals surface area (Å²) in [5.41, 5.74) is 3.41. The first-order valence-corrected chi connectivity index (χ1v) is 10.6. The number of Topliss-reactive ketones (excluding diaryl/α,β-unsaturated/α-hetero) is 1. The summed E-state index contributed by atoms with van der Waals surface area (Å²) in [5, 5.41) is 16.7. The predicted molar refractivity (Wildman–Crippen MR) is 120 cm³/mol. The number of carbonyl (C=O) groups is 3. The minimum Gasteiger partial charge on any atom is -0.478 e. The third-order valence-electron chi connectivity index (χ3n) is 5.58. The zero-order valence-electron chi connectivity index (χ0n) is 18.2. The molecule has 8 nitrogen and oxygen atoms in total. The number of benzene rings is 1. The standard InChI is InChI=1S/C20H23N3O.C4H4O4/c1-3-11-23-17-7-5-4-6-16(17)19-18(23)9-8-15(20(19)24)13-22-12-10-21-14(22)2;5-3(6)1-2-4(7)8/h4-7,10,12,15H,3,8-9,11,13H2,1-2H3;1-2H,(H,5,6)(H,7,8)/b;2-1-. The average Bonchev–Trinajstić information content (AvgIpc) is 3.31. The maximum absolute atomic E-state index is 13.2. The van der Waals surface area contributed by atoms with Gasteiger partial charge in [-0.3, -0.25) is 4.79 Å². The van der Waals surface area contributed by atoms with E-state index in [1.807, 2.05) is 19.2 Å². The number of rotatable bonds is 6. The van der Waals surface area contributed by atoms with E-state index in [9.17, 15) is 14.4 Å². The quantitative estimate of drug-likeness (QED) is 0.568. The number of imidazole rings is 1. The van der Waals surface area contributed by atoms with Gasteiger partial charge in [0.05, 0.1) is 0 Å². The van der Waals surface area contributed by atoms with Crippen molar-refractivity contribution in [2.24, 2.45) is 5.92 Å². The van der Waals surface area contributed by atoms with Crippen LogP contribution in [0, 0.1) is 12.8 Å². The molecule has 168 valence electrons. The van der Waals surface area contributed by atoms with Crippen molar-refractivity contribution in [3.05, 3.63) is 65.9 Å². The van der Waals surface area contributed by atoms with Crippen LogP contribution in [0.2, 0.25) is 0 Å². The molecule has 1 aliphatic carbocycles. The number of aryl methyl sites for hydroxylation is 2. The van der Waals surface area contributed by atoms with Crippen LogP contribution in [-0.4, -0.2) is 42.1 Å². The number of para-hydroxylation sites is 1. The van der Waals surface area contributed by atoms with Gasteiger partial charge in [-0.25, -0.2) is 14.6 Å². The summed E-state index contributed by atoms with van der Waals surface area (Å²) in [6.45, 7) is 5.90. The number of carboxylic acids is 2. The molecule has 1 atom stereocenters. The van der Waals surface area contributed by atoms with Gasteiger partial charge in [0.25, 0.3) is 0 Å². The van der Waals surface area contributed by atoms with Crippen LogP contribution in [0.1, 0.15) is 41.6 Å². The number of aromatic nitrogens is 3. The van der Waals surface area contributed by atoms with Gasteiger partial charge < -0.3 is 19.3 Å². The molecule has 0 bridgehead atoms. The topological polar surface area (TPSA) is 114 Å². The van der Waals surface area contributed by atoms with Crippen molar-refractivity contribution in [1.29, 1.82) is 0 Å². The van der Waals surface area contributed by atoms with Gasteiger partial charge >= 0.3 is 11.9 Å². The minimum absolute atomic E-state index is 0.0475. The Hall–Kier alpha value is -3.68. The number of carbonyl (C=O) groups excluding carboxylic acids is 1. The Labute approximate surface area is 185 Å². The molecule has 3 aromatic rings. The van der Waals surface area contributed by atoms with E-state index >= 15 is 0 Å². The van der Waals surface area contributed by atoms with Gasteiger partial charge in [0.15, 0.2) is 5.78 Å². The van der Waals surface area contributed by atoms with E-state index in [-0.39, 0.29) is 5.92 Å². The van der Waals surface area contributed by atoms with Crippen LogP contribution >= 0.6 is 0 Å². The smallest absolute Gasteiger partial charge is 0.328 e. The Morgan fingerprint density at radius 1 is 1.19 bits per heavy atom. The fourth-order valence-corrected chi connectivity index (χ4v) is 4.17. The van der Waals surface area contributed by atoms with Crippen LogP contribution in [0.5, 0.6) is 0 Å². The molecule has 1 aliphatic rings. The van der Waals surface area contributed by atoms with Crippen molar-refractivity contribution < 1.29 is 24.6 Å². The summed E-state index contributed by atoms with van der Waals surface area (Å²) in [5.74, 6) is -1.19. The summed E-state index contributed by atoms with van der Waals surface area (Å²) >= 11 is 0. The van der Waals surface area contributed by atoms with E-state index in [0.717, 1.165) is 49.1 Å². The van der Waals surface area contributed by atoms with Gasteiger partial charge in [-0.1, -0.05) is 25.1 Å². The molecular formula is C24H27N3O5. The van der Waals surface area contributed by atoms with Crippen LogP contribution in [0.15, 0.2) is 48.8 Å². The van der Waals surface area contributed by atoms with E-state index < -0.39 is 11.9 Å². The molecule has 32 heavy (non-hydrogen) atoms. The van der Waals surface area contributed by atoms with Crippen LogP contribution < -0.4 is 0 Å². The van der Waals surface area contributed by atoms with Crippen molar-refractivity contribution in [3.63, 3.8) is 0 Å². The van der Waals surface area contributed by atoms with E-state index in [4.69, 9.17) is 10.2 Å². The highest BCUT2D eigenvalue weighted by Crippen LogP contribution is 2.35. The van der Waals surface area contributed by atoms with E-state index in [0.29, 0.717) is 17.9 Å². The predicted octanol–water partition coefficient (Wildman–Crippen LogP) is 3.71. The zero-order valence-corrected chi connectivity index (χ0v) is 18.2. The molecule has 8 heteroatoms. The molecule has 2 aromatic heterocycles. The normalized spacial score (nSPS) is 15.4. The zero-order chi connectivity index (χ0) is 23.3. The molecule has 0 aliphatic heterocycles. The van der Waals surface area contributed by atoms with Crippen molar-refractivity contribution in [3.8, 4) is 0 Å². The fourth-order valence-electron chi connectivity index (χ4n) is 4.17. The highest BCUT2D eigenvalue weighted by molar-refractivity contribution is 6.11. The Bertz CT molecular complexity index is 1160. The molecule has 0 saturated heterocycles. The number of aliphatic carboxylic acids is 2. The molecule has 0 amide bonds. The summed E-state index contributed by atoms with van der Waals surface area (Å²) in [6.07, 6.45) is 7.87. The third kappa shape index (κ3) is 4.96. The molecule has 2 heterocycles. The number of carboxylic acid groups (broad SMARTS) is 2. The number of fused-ring (bicyclic) bond motifs is 3. The van der Waals surface area contributed by atoms with Gasteiger partial charge in [-0.15, -0.1) is 0 Å². The molecular weight excluding hydrogens is 410 g/mol. The molecule has 1 unspecified atom stereocenters. The summed E-state index contributed by atoms with van der Waals surface area (Å²) in [4.78, 5) is 36.6. The number of hydrogen-bond acceptors (Lipinski definition) is 4. The number of ketones is 1. The first-order chi connectivity index (χ1) is 15.3. The minimum atomic E-state index is -1.26. The van der Waals surface area contributed by atoms with Crippen molar-refractivity contribution in [2.45, 2.75) is 46.2 Å². The fraction of sp³-hybridized carbons (Fsp3) is 0.333. The molecule has 2 N–H and O–H groups in total. The Morgan fingerprint density at radius 3 is 2.47 bits per heavy atom. The lowest BCUT2D eigenvalue weighted by Crippen LogP contribution is -2.27. The van der Waals surface area contributed by atoms with E-state index in [2.05, 4.69) is 39.2 Å². The average molecular weight is 437 g/mol. The highest BCUT2D eigenvalue weighted by atomic mass is 16.4. The maximum Gasteiger partial charge on any atom is 0.328 e. The van der Waals surface area contributed by atoms with Crippen LogP contribution in [0.3, 0.4) is 0 Å². The molecule has 4 rings (SSSR count). The van der Waals surface area contributed by atoms with Gasteiger partial charge in [-0.2, -0.15) is 0 Å². The van der Waals surface area contributed by atoms with Crippen molar-refractivity contribution in [2.75, 3.05) is 0 Å². The van der Waals surface area contributed by atoms with Crippen molar-refractivity contribution in [1.82, 2.24) is 14.1 Å². The van der Waals surface area contributed by atoms with Crippen LogP contribution in [-0.2, 0) is 29.1 Å². The third-order valence-corrected chi connectivity index (χ3v) is 5.58. The van der Waals surface area contributed by atoms with Crippen molar-refractivity contribution >= 4 is 28.6 Å². The summed E-state index contributed by atoms with van der Waals surface area (Å²) in [7, 11) is 0. The molecule has 1 aromatic carbocycles. The number of nitrogens with zero attached hydrogens (tertiary/aromatic N) is 3. The van der Waals surface area contributed by atoms with Gasteiger partial charge in [0.2, 0.25) is 0 Å². The molecule has 0 radical (unpaired) electrons. The van der Waals surface area contributed by atoms with E-state index in [1.54, 1.807) is 6.20 Å². The highest BCUT2D eigenvalue weighted by Gasteiger charge is 2.32. The maximum atomic E-state index is 13.2. The lowest BCUT2D eigenvalue weighted by molar-refractivity contribution is -0.134. The van der Waals surface area contributed by atoms with Gasteiger partial charge in [0, 0.05) is 65.7 Å². The first-order valence-electron chi connectivity index (χ1n) is 10.6. The Kier molecular flexibility index (Phi) is 7.25. The summed E-state index contributed by atoms with van der Waals surface area (Å²) in [6, 6.07) is 8.35. The lowest BCUT2D eigenvalue weighted by Gasteiger charge is -2.23. The summed E-state index contributed by atoms with van der Waals surface area (Å²) < 4.78 is 4.46. The lowest BCUT2D eigenvalue weighted by atomic mass is 9.85. The monoisotopic (exact) mass is 437 g/mol. The largest absolute Gasteiger partial charge is 0.478 e. The first kappa shape index (κ1) is 23.0. The molecule has 0 spiro atoms. The number of hydrogen-bond donors (Lipinski definition) is 2. The second kappa shape index (κ2) is 10.1. The van der Waals surface area contributed by atoms with Gasteiger partial charge in [-0.05, 0) is 32.3 Å². The Balaban J connectivity index is 0.000000312. The van der Waals surface area contributed by atoms with Crippen LogP contribution in [0.4, 0.5) is 0 Å². The van der Waals surface area contributed by atoms with E-state index in [1.165, 1.54) is 11.2 Å². The SMILES string of the molecule is CCCn1c2c(c3ccccc31)C(=O)C(Cn1ccnc1C)CC2.O=C(O)/C=C\C(=O)O. The van der Waals surface area contributed by atoms with Gasteiger partial charge in [0.1, 0.15) is 5.82 Å². The van der Waals surface area contributed by atoms with Crippen LogP contribution in [0.25, 0.3) is 10.9 Å². The second-order valence-corrected chi connectivity index (χ2v) is 7.73. The molecule has 0 fully saturated rings.